The lowest BCUT2D eigenvalue weighted by molar-refractivity contribution is 0.100. The van der Waals surface area contributed by atoms with Gasteiger partial charge in [-0.2, -0.15) is 0 Å². The Balaban J connectivity index is 2.10. The smallest absolute Gasteiger partial charge is 0.407 e. The van der Waals surface area contributed by atoms with Crippen LogP contribution < -0.4 is 5.32 Å². The number of nitrogens with one attached hydrogen (secondary N) is 1. The first kappa shape index (κ1) is 22.7. The van der Waals surface area contributed by atoms with Crippen LogP contribution in [0.3, 0.4) is 0 Å². The van der Waals surface area contributed by atoms with Crippen LogP contribution in [0.1, 0.15) is 58.6 Å². The molecule has 1 atom stereocenters. The zero-order valence-corrected chi connectivity index (χ0v) is 18.6. The van der Waals surface area contributed by atoms with Crippen molar-refractivity contribution in [1.29, 1.82) is 0 Å². The van der Waals surface area contributed by atoms with E-state index in [-0.39, 0.29) is 23.7 Å². The molecule has 1 N–H and O–H groups in total. The summed E-state index contributed by atoms with van der Waals surface area (Å²) < 4.78 is 5.23. The van der Waals surface area contributed by atoms with Gasteiger partial charge in [0.25, 0.3) is 0 Å². The van der Waals surface area contributed by atoms with Gasteiger partial charge in [0.15, 0.2) is 0 Å². The van der Waals surface area contributed by atoms with Crippen LogP contribution in [0.25, 0.3) is 16.8 Å². The fourth-order valence-electron chi connectivity index (χ4n) is 3.33. The quantitative estimate of drug-likeness (QED) is 0.563. The minimum atomic E-state index is -0.372. The van der Waals surface area contributed by atoms with Gasteiger partial charge in [-0.05, 0) is 82.2 Å². The highest BCUT2D eigenvalue weighted by atomic mass is 16.6. The maximum atomic E-state index is 12.0. The van der Waals surface area contributed by atoms with Crippen LogP contribution in [-0.2, 0) is 4.74 Å². The Morgan fingerprint density at radius 1 is 1.17 bits per heavy atom. The number of aryl methyl sites for hydroxylation is 1. The largest absolute Gasteiger partial charge is 0.447 e. The topological polar surface area (TPSA) is 51.2 Å². The molecule has 4 nitrogen and oxygen atoms in total. The molecule has 1 aromatic heterocycles. The van der Waals surface area contributed by atoms with Gasteiger partial charge in [0, 0.05) is 17.3 Å². The zero-order valence-electron chi connectivity index (χ0n) is 18.6. The Morgan fingerprint density at radius 2 is 1.90 bits per heavy atom. The summed E-state index contributed by atoms with van der Waals surface area (Å²) in [5.41, 5.74) is 5.15. The third-order valence-corrected chi connectivity index (χ3v) is 5.45. The number of allylic oxidation sites excluding steroid dienone is 1. The van der Waals surface area contributed by atoms with Gasteiger partial charge in [-0.1, -0.05) is 37.8 Å². The average Bonchev–Trinajstić information content (AvgIpc) is 2.65. The summed E-state index contributed by atoms with van der Waals surface area (Å²) in [4.78, 5) is 16.6. The molecular weight excluding hydrogens is 360 g/mol. The van der Waals surface area contributed by atoms with Crippen LogP contribution in [-0.4, -0.2) is 22.7 Å². The molecule has 0 fully saturated rings. The van der Waals surface area contributed by atoms with Crippen LogP contribution in [0, 0.1) is 12.8 Å². The fourth-order valence-corrected chi connectivity index (χ4v) is 3.33. The standard InChI is InChI=1S/C25H34N2O2/c1-17(2)29-24(28)27-25(6,7)20(5)15-14-18(3)21-12-10-11-19(4)23(21)22-13-8-9-16-26-22/h8-13,16-17,20H,3,14-15H2,1-2,4-7H3,(H,27,28)/t20-/m0/s1. The second-order valence-corrected chi connectivity index (χ2v) is 8.56. The number of pyridine rings is 1. The van der Waals surface area contributed by atoms with Crippen molar-refractivity contribution in [3.05, 3.63) is 60.3 Å². The number of ether oxygens (including phenoxy) is 1. The van der Waals surface area contributed by atoms with Crippen molar-refractivity contribution in [2.45, 2.75) is 66.0 Å². The van der Waals surface area contributed by atoms with Gasteiger partial charge >= 0.3 is 6.09 Å². The minimum absolute atomic E-state index is 0.132. The molecule has 0 unspecified atom stereocenters. The Labute approximate surface area is 175 Å². The Bertz CT molecular complexity index is 841. The summed E-state index contributed by atoms with van der Waals surface area (Å²) in [6.07, 6.45) is 3.07. The number of carbonyl (C=O) groups is 1. The highest BCUT2D eigenvalue weighted by molar-refractivity contribution is 5.81. The number of nitrogens with zero attached hydrogens (tertiary/aromatic N) is 1. The number of carbonyl (C=O) groups excluding carboxylic acids is 1. The van der Waals surface area contributed by atoms with E-state index in [1.54, 1.807) is 0 Å². The van der Waals surface area contributed by atoms with Crippen molar-refractivity contribution in [3.63, 3.8) is 0 Å². The molecule has 1 aromatic carbocycles. The molecule has 0 aliphatic rings. The molecule has 0 spiro atoms. The molecule has 0 radical (unpaired) electrons. The fraction of sp³-hybridized carbons (Fsp3) is 0.440. The van der Waals surface area contributed by atoms with Crippen molar-refractivity contribution in [1.82, 2.24) is 10.3 Å². The van der Waals surface area contributed by atoms with Gasteiger partial charge in [0.1, 0.15) is 0 Å². The maximum Gasteiger partial charge on any atom is 0.407 e. The van der Waals surface area contributed by atoms with E-state index in [1.165, 1.54) is 5.56 Å². The summed E-state index contributed by atoms with van der Waals surface area (Å²) in [5.74, 6) is 0.252. The van der Waals surface area contributed by atoms with Gasteiger partial charge in [-0.15, -0.1) is 0 Å². The molecule has 0 saturated carbocycles. The normalized spacial score (nSPS) is 12.5. The summed E-state index contributed by atoms with van der Waals surface area (Å²) >= 11 is 0. The van der Waals surface area contributed by atoms with E-state index in [0.717, 1.165) is 35.2 Å². The second kappa shape index (κ2) is 9.73. The predicted molar refractivity (Wildman–Crippen MR) is 121 cm³/mol. The number of hydrogen-bond acceptors (Lipinski definition) is 3. The van der Waals surface area contributed by atoms with Crippen molar-refractivity contribution in [2.75, 3.05) is 0 Å². The van der Waals surface area contributed by atoms with E-state index in [1.807, 2.05) is 52.1 Å². The Morgan fingerprint density at radius 3 is 2.52 bits per heavy atom. The highest BCUT2D eigenvalue weighted by Crippen LogP contribution is 2.33. The molecule has 29 heavy (non-hydrogen) atoms. The second-order valence-electron chi connectivity index (χ2n) is 8.56. The first-order chi connectivity index (χ1) is 13.6. The summed E-state index contributed by atoms with van der Waals surface area (Å²) in [6, 6.07) is 12.3. The van der Waals surface area contributed by atoms with Crippen LogP contribution >= 0.6 is 0 Å². The van der Waals surface area contributed by atoms with Crippen LogP contribution in [0.15, 0.2) is 49.2 Å². The van der Waals surface area contributed by atoms with E-state index in [4.69, 9.17) is 4.74 Å². The lowest BCUT2D eigenvalue weighted by atomic mass is 9.83. The summed E-state index contributed by atoms with van der Waals surface area (Å²) in [7, 11) is 0. The molecule has 156 valence electrons. The molecule has 2 rings (SSSR count). The van der Waals surface area contributed by atoms with Crippen LogP contribution in [0.5, 0.6) is 0 Å². The molecule has 0 saturated heterocycles. The SMILES string of the molecule is C=C(CC[C@H](C)C(C)(C)NC(=O)OC(C)C)c1cccc(C)c1-c1ccccn1. The minimum Gasteiger partial charge on any atom is -0.447 e. The lowest BCUT2D eigenvalue weighted by Gasteiger charge is -2.33. The molecule has 0 bridgehead atoms. The first-order valence-electron chi connectivity index (χ1n) is 10.3. The van der Waals surface area contributed by atoms with Crippen molar-refractivity contribution in [3.8, 4) is 11.3 Å². The summed E-state index contributed by atoms with van der Waals surface area (Å²) in [6.45, 7) is 16.4. The van der Waals surface area contributed by atoms with E-state index in [9.17, 15) is 4.79 Å². The van der Waals surface area contributed by atoms with E-state index in [0.29, 0.717) is 0 Å². The molecule has 1 amide bonds. The number of aromatic nitrogens is 1. The Kier molecular flexibility index (Phi) is 7.60. The number of benzene rings is 1. The monoisotopic (exact) mass is 394 g/mol. The number of alkyl carbamates (subject to hydrolysis) is 1. The molecule has 0 aliphatic carbocycles. The molecule has 4 heteroatoms. The van der Waals surface area contributed by atoms with Crippen molar-refractivity contribution >= 4 is 11.7 Å². The van der Waals surface area contributed by atoms with E-state index in [2.05, 4.69) is 48.9 Å². The van der Waals surface area contributed by atoms with Gasteiger partial charge < -0.3 is 10.1 Å². The third-order valence-electron chi connectivity index (χ3n) is 5.45. The maximum absolute atomic E-state index is 12.0. The lowest BCUT2D eigenvalue weighted by Crippen LogP contribution is -2.48. The van der Waals surface area contributed by atoms with Crippen molar-refractivity contribution < 1.29 is 9.53 Å². The predicted octanol–water partition coefficient (Wildman–Crippen LogP) is 6.40. The van der Waals surface area contributed by atoms with Gasteiger partial charge in [-0.3, -0.25) is 4.98 Å². The van der Waals surface area contributed by atoms with Gasteiger partial charge in [0.05, 0.1) is 11.8 Å². The van der Waals surface area contributed by atoms with Crippen molar-refractivity contribution in [2.24, 2.45) is 5.92 Å². The Hall–Kier alpha value is -2.62. The van der Waals surface area contributed by atoms with E-state index < -0.39 is 0 Å². The summed E-state index contributed by atoms with van der Waals surface area (Å²) in [5, 5.41) is 3.00. The van der Waals surface area contributed by atoms with Crippen LogP contribution in [0.4, 0.5) is 4.79 Å². The van der Waals surface area contributed by atoms with Gasteiger partial charge in [-0.25, -0.2) is 4.79 Å². The van der Waals surface area contributed by atoms with Crippen LogP contribution in [0.2, 0.25) is 0 Å². The zero-order chi connectivity index (χ0) is 21.6. The molecule has 2 aromatic rings. The first-order valence-corrected chi connectivity index (χ1v) is 10.3. The molecule has 0 aliphatic heterocycles. The molecular formula is C25H34N2O2. The third kappa shape index (κ3) is 6.18. The van der Waals surface area contributed by atoms with Gasteiger partial charge in [0.2, 0.25) is 0 Å². The van der Waals surface area contributed by atoms with E-state index >= 15 is 0 Å². The number of amides is 1. The number of hydrogen-bond donors (Lipinski definition) is 1. The number of rotatable bonds is 8. The highest BCUT2D eigenvalue weighted by Gasteiger charge is 2.28. The molecule has 1 heterocycles. The average molecular weight is 395 g/mol.